The lowest BCUT2D eigenvalue weighted by Crippen LogP contribution is -2.46. The molecule has 106 valence electrons. The molecular formula is C15H20BrFO2. The van der Waals surface area contributed by atoms with Crippen molar-refractivity contribution in [3.05, 3.63) is 34.1 Å². The molecule has 19 heavy (non-hydrogen) atoms. The van der Waals surface area contributed by atoms with Crippen molar-refractivity contribution in [2.45, 2.75) is 50.7 Å². The minimum absolute atomic E-state index is 0.279. The summed E-state index contributed by atoms with van der Waals surface area (Å²) in [5.74, 6) is 0.275. The van der Waals surface area contributed by atoms with E-state index in [9.17, 15) is 14.6 Å². The maximum atomic E-state index is 13.3. The van der Waals surface area contributed by atoms with Crippen LogP contribution >= 0.6 is 15.9 Å². The van der Waals surface area contributed by atoms with Gasteiger partial charge in [0.1, 0.15) is 5.82 Å². The molecule has 0 aliphatic heterocycles. The molecule has 1 aliphatic rings. The first-order valence-corrected chi connectivity index (χ1v) is 7.54. The molecular weight excluding hydrogens is 311 g/mol. The molecule has 1 fully saturated rings. The summed E-state index contributed by atoms with van der Waals surface area (Å²) in [6.45, 7) is 2.16. The van der Waals surface area contributed by atoms with E-state index in [1.54, 1.807) is 6.07 Å². The number of benzene rings is 1. The second kappa shape index (κ2) is 5.90. The number of rotatable bonds is 3. The molecule has 0 saturated heterocycles. The van der Waals surface area contributed by atoms with Crippen LogP contribution in [-0.4, -0.2) is 21.9 Å². The fourth-order valence-electron chi connectivity index (χ4n) is 2.74. The Kier molecular flexibility index (Phi) is 4.64. The fraction of sp³-hybridized carbons (Fsp3) is 0.600. The zero-order chi connectivity index (χ0) is 14.0. The van der Waals surface area contributed by atoms with Crippen LogP contribution in [-0.2, 0) is 6.42 Å². The van der Waals surface area contributed by atoms with Crippen molar-refractivity contribution >= 4 is 15.9 Å². The molecule has 2 rings (SSSR count). The van der Waals surface area contributed by atoms with E-state index in [4.69, 9.17) is 0 Å². The molecule has 2 nitrogen and oxygen atoms in total. The molecule has 0 aromatic heterocycles. The first-order chi connectivity index (χ1) is 8.89. The highest BCUT2D eigenvalue weighted by Crippen LogP contribution is 2.35. The van der Waals surface area contributed by atoms with Crippen LogP contribution in [0, 0.1) is 11.7 Å². The van der Waals surface area contributed by atoms with Gasteiger partial charge in [-0.05, 0) is 55.4 Å². The van der Waals surface area contributed by atoms with Crippen LogP contribution in [0.2, 0.25) is 0 Å². The van der Waals surface area contributed by atoms with Gasteiger partial charge < -0.3 is 10.2 Å². The number of hydrogen-bond acceptors (Lipinski definition) is 2. The number of aliphatic hydroxyl groups is 2. The van der Waals surface area contributed by atoms with Crippen molar-refractivity contribution < 1.29 is 14.6 Å². The summed E-state index contributed by atoms with van der Waals surface area (Å²) < 4.78 is 13.9. The van der Waals surface area contributed by atoms with Gasteiger partial charge in [0.05, 0.1) is 11.7 Å². The third-order valence-corrected chi connectivity index (χ3v) is 4.57. The van der Waals surface area contributed by atoms with E-state index >= 15 is 0 Å². The van der Waals surface area contributed by atoms with Crippen LogP contribution < -0.4 is 0 Å². The summed E-state index contributed by atoms with van der Waals surface area (Å²) in [6, 6.07) is 4.57. The van der Waals surface area contributed by atoms with Crippen LogP contribution in [0.15, 0.2) is 22.7 Å². The number of hydrogen-bond donors (Lipinski definition) is 2. The first kappa shape index (κ1) is 14.9. The van der Waals surface area contributed by atoms with Gasteiger partial charge in [-0.2, -0.15) is 0 Å². The second-order valence-electron chi connectivity index (χ2n) is 5.78. The molecule has 1 aromatic rings. The highest BCUT2D eigenvalue weighted by Gasteiger charge is 2.38. The van der Waals surface area contributed by atoms with Crippen LogP contribution in [0.1, 0.15) is 38.2 Å². The van der Waals surface area contributed by atoms with Crippen molar-refractivity contribution in [3.8, 4) is 0 Å². The summed E-state index contributed by atoms with van der Waals surface area (Å²) in [5.41, 5.74) is -0.322. The van der Waals surface area contributed by atoms with Gasteiger partial charge >= 0.3 is 0 Å². The van der Waals surface area contributed by atoms with Gasteiger partial charge in [-0.15, -0.1) is 0 Å². The largest absolute Gasteiger partial charge is 0.390 e. The molecule has 1 atom stereocenters. The van der Waals surface area contributed by atoms with Crippen molar-refractivity contribution in [2.24, 2.45) is 5.92 Å². The molecule has 4 heteroatoms. The Morgan fingerprint density at radius 3 is 2.58 bits per heavy atom. The number of aliphatic hydroxyl groups excluding tert-OH is 1. The van der Waals surface area contributed by atoms with Gasteiger partial charge in [0.25, 0.3) is 0 Å². The quantitative estimate of drug-likeness (QED) is 0.891. The molecule has 1 aliphatic carbocycles. The zero-order valence-electron chi connectivity index (χ0n) is 11.1. The van der Waals surface area contributed by atoms with Crippen molar-refractivity contribution in [3.63, 3.8) is 0 Å². The number of halogens is 2. The SMILES string of the molecule is CC1CCC(O)(C(O)Cc2cc(F)cc(Br)c2)CC1. The predicted molar refractivity (Wildman–Crippen MR) is 76.4 cm³/mol. The normalized spacial score (nSPS) is 29.2. The van der Waals surface area contributed by atoms with Crippen LogP contribution in [0.5, 0.6) is 0 Å². The Balaban J connectivity index is 2.05. The minimum atomic E-state index is -1.02. The second-order valence-corrected chi connectivity index (χ2v) is 6.70. The van der Waals surface area contributed by atoms with Crippen molar-refractivity contribution in [2.75, 3.05) is 0 Å². The highest BCUT2D eigenvalue weighted by molar-refractivity contribution is 9.10. The first-order valence-electron chi connectivity index (χ1n) is 6.74. The van der Waals surface area contributed by atoms with E-state index in [0.29, 0.717) is 28.8 Å². The Bertz CT molecular complexity index is 422. The van der Waals surface area contributed by atoms with Gasteiger partial charge in [-0.25, -0.2) is 4.39 Å². The van der Waals surface area contributed by atoms with E-state index in [1.165, 1.54) is 12.1 Å². The molecule has 0 radical (unpaired) electrons. The van der Waals surface area contributed by atoms with Crippen molar-refractivity contribution in [1.29, 1.82) is 0 Å². The van der Waals surface area contributed by atoms with E-state index in [0.717, 1.165) is 12.8 Å². The predicted octanol–water partition coefficient (Wildman–Crippen LogP) is 3.43. The minimum Gasteiger partial charge on any atom is -0.390 e. The lowest BCUT2D eigenvalue weighted by Gasteiger charge is -2.38. The fourth-order valence-corrected chi connectivity index (χ4v) is 3.25. The molecule has 0 bridgehead atoms. The Morgan fingerprint density at radius 1 is 1.37 bits per heavy atom. The van der Waals surface area contributed by atoms with E-state index in [2.05, 4.69) is 22.9 Å². The molecule has 1 aromatic carbocycles. The highest BCUT2D eigenvalue weighted by atomic mass is 79.9. The maximum Gasteiger partial charge on any atom is 0.124 e. The van der Waals surface area contributed by atoms with Crippen LogP contribution in [0.4, 0.5) is 4.39 Å². The van der Waals surface area contributed by atoms with Gasteiger partial charge in [0.15, 0.2) is 0 Å². The third-order valence-electron chi connectivity index (χ3n) is 4.11. The molecule has 1 saturated carbocycles. The molecule has 0 spiro atoms. The summed E-state index contributed by atoms with van der Waals surface area (Å²) in [5, 5.41) is 20.8. The van der Waals surface area contributed by atoms with Gasteiger partial charge in [-0.1, -0.05) is 22.9 Å². The topological polar surface area (TPSA) is 40.5 Å². The molecule has 0 heterocycles. The average molecular weight is 331 g/mol. The standard InChI is InChI=1S/C15H20BrFO2/c1-10-2-4-15(19,5-3-10)14(18)8-11-6-12(16)9-13(17)7-11/h6-7,9-10,14,18-19H,2-5,8H2,1H3. The summed E-state index contributed by atoms with van der Waals surface area (Å²) in [6.07, 6.45) is 2.54. The lowest BCUT2D eigenvalue weighted by atomic mass is 9.75. The Labute approximate surface area is 121 Å². The summed E-state index contributed by atoms with van der Waals surface area (Å²) in [7, 11) is 0. The molecule has 2 N–H and O–H groups in total. The monoisotopic (exact) mass is 330 g/mol. The maximum absolute atomic E-state index is 13.3. The lowest BCUT2D eigenvalue weighted by molar-refractivity contribution is -0.102. The van der Waals surface area contributed by atoms with E-state index in [-0.39, 0.29) is 12.2 Å². The van der Waals surface area contributed by atoms with E-state index < -0.39 is 11.7 Å². The van der Waals surface area contributed by atoms with Crippen molar-refractivity contribution in [1.82, 2.24) is 0 Å². The zero-order valence-corrected chi connectivity index (χ0v) is 12.7. The van der Waals surface area contributed by atoms with Gasteiger partial charge in [0.2, 0.25) is 0 Å². The summed E-state index contributed by atoms with van der Waals surface area (Å²) >= 11 is 3.24. The Hall–Kier alpha value is -0.450. The van der Waals surface area contributed by atoms with Gasteiger partial charge in [0, 0.05) is 10.9 Å². The molecule has 0 amide bonds. The van der Waals surface area contributed by atoms with Crippen LogP contribution in [0.25, 0.3) is 0 Å². The average Bonchev–Trinajstić information content (AvgIpc) is 2.32. The third kappa shape index (κ3) is 3.77. The Morgan fingerprint density at radius 2 is 2.00 bits per heavy atom. The van der Waals surface area contributed by atoms with E-state index in [1.807, 2.05) is 0 Å². The van der Waals surface area contributed by atoms with Gasteiger partial charge in [-0.3, -0.25) is 0 Å². The molecule has 1 unspecified atom stereocenters. The smallest absolute Gasteiger partial charge is 0.124 e. The summed E-state index contributed by atoms with van der Waals surface area (Å²) in [4.78, 5) is 0. The van der Waals surface area contributed by atoms with Crippen LogP contribution in [0.3, 0.4) is 0 Å².